The molecule has 4 heterocycles. The highest BCUT2D eigenvalue weighted by Crippen LogP contribution is 2.46. The molecule has 0 spiro atoms. The largest absolute Gasteiger partial charge is 0.309 e. The van der Waals surface area contributed by atoms with E-state index in [0.29, 0.717) is 0 Å². The van der Waals surface area contributed by atoms with Crippen molar-refractivity contribution in [1.82, 2.24) is 9.13 Å². The van der Waals surface area contributed by atoms with Crippen molar-refractivity contribution in [3.8, 4) is 33.6 Å². The number of rotatable bonds is 4. The quantitative estimate of drug-likeness (QED) is 0.169. The summed E-state index contributed by atoms with van der Waals surface area (Å²) in [5.41, 5.74) is 12.1. The van der Waals surface area contributed by atoms with Crippen LogP contribution in [-0.4, -0.2) is 9.13 Å². The van der Waals surface area contributed by atoms with Gasteiger partial charge in [0.1, 0.15) is 0 Å². The molecule has 9 aromatic carbocycles. The van der Waals surface area contributed by atoms with Gasteiger partial charge in [-0.15, -0.1) is 22.7 Å². The topological polar surface area (TPSA) is 9.86 Å². The van der Waals surface area contributed by atoms with Gasteiger partial charge in [0.15, 0.2) is 0 Å². The van der Waals surface area contributed by atoms with Crippen LogP contribution in [-0.2, 0) is 0 Å². The Bertz CT molecular complexity index is 3800. The van der Waals surface area contributed by atoms with E-state index in [1.807, 2.05) is 22.7 Å². The van der Waals surface area contributed by atoms with E-state index in [9.17, 15) is 0 Å². The zero-order valence-electron chi connectivity index (χ0n) is 31.2. The van der Waals surface area contributed by atoms with Crippen molar-refractivity contribution >= 4 is 107 Å². The van der Waals surface area contributed by atoms with E-state index in [0.717, 1.165) is 0 Å². The molecule has 0 amide bonds. The van der Waals surface area contributed by atoms with E-state index >= 15 is 0 Å². The smallest absolute Gasteiger partial charge is 0.0547 e. The summed E-state index contributed by atoms with van der Waals surface area (Å²) >= 11 is 3.77. The van der Waals surface area contributed by atoms with Crippen molar-refractivity contribution in [3.05, 3.63) is 194 Å². The predicted octanol–water partition coefficient (Wildman–Crippen LogP) is 16.0. The van der Waals surface area contributed by atoms with Gasteiger partial charge < -0.3 is 9.13 Å². The fourth-order valence-electron chi connectivity index (χ4n) is 9.58. The molecule has 4 aromatic heterocycles. The van der Waals surface area contributed by atoms with Crippen LogP contribution < -0.4 is 0 Å². The maximum absolute atomic E-state index is 2.50. The normalized spacial score (nSPS) is 12.1. The van der Waals surface area contributed by atoms with Crippen LogP contribution in [0.3, 0.4) is 0 Å². The molecule has 270 valence electrons. The predicted molar refractivity (Wildman–Crippen MR) is 252 cm³/mol. The number of nitrogens with zero attached hydrogens (tertiary/aromatic N) is 2. The third kappa shape index (κ3) is 4.58. The Morgan fingerprint density at radius 1 is 0.293 bits per heavy atom. The summed E-state index contributed by atoms with van der Waals surface area (Å²) in [6, 6.07) is 71.9. The van der Waals surface area contributed by atoms with Crippen LogP contribution in [0.2, 0.25) is 0 Å². The van der Waals surface area contributed by atoms with Crippen LogP contribution in [0.4, 0.5) is 0 Å². The van der Waals surface area contributed by atoms with Gasteiger partial charge in [0, 0.05) is 78.8 Å². The molecular formula is C54H32N2S2. The Morgan fingerprint density at radius 3 is 1.71 bits per heavy atom. The Kier molecular flexibility index (Phi) is 6.79. The number of para-hydroxylation sites is 3. The third-order valence-corrected chi connectivity index (χ3v) is 14.5. The average Bonchev–Trinajstić information content (AvgIpc) is 4.03. The van der Waals surface area contributed by atoms with Crippen LogP contribution >= 0.6 is 22.7 Å². The zero-order valence-corrected chi connectivity index (χ0v) is 32.8. The number of aromatic nitrogens is 2. The summed E-state index contributed by atoms with van der Waals surface area (Å²) < 4.78 is 10.2. The van der Waals surface area contributed by atoms with Crippen molar-refractivity contribution in [1.29, 1.82) is 0 Å². The molecule has 0 saturated heterocycles. The molecule has 0 N–H and O–H groups in total. The maximum atomic E-state index is 2.50. The lowest BCUT2D eigenvalue weighted by atomic mass is 9.98. The van der Waals surface area contributed by atoms with Crippen LogP contribution in [0, 0.1) is 0 Å². The lowest BCUT2D eigenvalue weighted by molar-refractivity contribution is 1.18. The van der Waals surface area contributed by atoms with Gasteiger partial charge >= 0.3 is 0 Å². The van der Waals surface area contributed by atoms with Gasteiger partial charge in [-0.1, -0.05) is 121 Å². The third-order valence-electron chi connectivity index (χ3n) is 12.1. The van der Waals surface area contributed by atoms with E-state index in [4.69, 9.17) is 0 Å². The summed E-state index contributed by atoms with van der Waals surface area (Å²) in [6.07, 6.45) is 0. The second-order valence-corrected chi connectivity index (χ2v) is 17.4. The molecule has 0 aliphatic heterocycles. The fourth-order valence-corrected chi connectivity index (χ4v) is 11.9. The second kappa shape index (κ2) is 12.3. The van der Waals surface area contributed by atoms with Gasteiger partial charge in [0.25, 0.3) is 0 Å². The molecule has 58 heavy (non-hydrogen) atoms. The first-order valence-electron chi connectivity index (χ1n) is 19.8. The van der Waals surface area contributed by atoms with Crippen LogP contribution in [0.15, 0.2) is 194 Å². The van der Waals surface area contributed by atoms with Crippen LogP contribution in [0.5, 0.6) is 0 Å². The first kappa shape index (κ1) is 32.1. The van der Waals surface area contributed by atoms with Gasteiger partial charge in [0.05, 0.1) is 22.1 Å². The van der Waals surface area contributed by atoms with Gasteiger partial charge in [-0.25, -0.2) is 0 Å². The van der Waals surface area contributed by atoms with E-state index in [1.165, 1.54) is 118 Å². The van der Waals surface area contributed by atoms with E-state index in [1.54, 1.807) is 0 Å². The van der Waals surface area contributed by atoms with Crippen molar-refractivity contribution in [2.24, 2.45) is 0 Å². The highest BCUT2D eigenvalue weighted by Gasteiger charge is 2.21. The highest BCUT2D eigenvalue weighted by atomic mass is 32.1. The second-order valence-electron chi connectivity index (χ2n) is 15.2. The molecule has 0 radical (unpaired) electrons. The summed E-state index contributed by atoms with van der Waals surface area (Å²) in [5, 5.41) is 10.3. The minimum atomic E-state index is 1.17. The lowest BCUT2D eigenvalue weighted by Crippen LogP contribution is -1.95. The summed E-state index contributed by atoms with van der Waals surface area (Å²) in [6.45, 7) is 0. The SMILES string of the molecule is c1ccc(-n2c3ccccc3c3ccc(-c4cccc5c4c4ccccc4n5-c4cc(-c5ccc6sc7ccccc7c6c5)c5sc6ccccc6c5c4)cc32)cc1. The monoisotopic (exact) mass is 772 g/mol. The molecule has 4 heteroatoms. The zero-order chi connectivity index (χ0) is 37.9. The molecule has 0 saturated carbocycles. The molecule has 0 unspecified atom stereocenters. The maximum Gasteiger partial charge on any atom is 0.0547 e. The van der Waals surface area contributed by atoms with E-state index < -0.39 is 0 Å². The molecule has 0 aliphatic carbocycles. The highest BCUT2D eigenvalue weighted by molar-refractivity contribution is 7.26. The lowest BCUT2D eigenvalue weighted by Gasteiger charge is -2.13. The van der Waals surface area contributed by atoms with Crippen LogP contribution in [0.25, 0.3) is 118 Å². The minimum Gasteiger partial charge on any atom is -0.309 e. The molecule has 0 bridgehead atoms. The average molecular weight is 773 g/mol. The summed E-state index contributed by atoms with van der Waals surface area (Å²) in [7, 11) is 0. The minimum absolute atomic E-state index is 1.17. The van der Waals surface area contributed by atoms with Gasteiger partial charge in [-0.2, -0.15) is 0 Å². The standard InChI is InChI=1S/C54H32N2S2/c1-2-13-35(14-3-1)55-46-20-8-4-15-38(46)39-27-25-34(30-49(39)55)37-19-12-22-48-53(37)42-18-5-9-21-47(42)56(48)36-31-43(54-45(32-36)41-17-7-11-24-51(41)58-54)33-26-28-52-44(29-33)40-16-6-10-23-50(40)57-52/h1-32H. The molecule has 13 aromatic rings. The Morgan fingerprint density at radius 2 is 0.879 bits per heavy atom. The molecular weight excluding hydrogens is 741 g/mol. The van der Waals surface area contributed by atoms with Crippen molar-refractivity contribution < 1.29 is 0 Å². The van der Waals surface area contributed by atoms with Crippen molar-refractivity contribution in [2.45, 2.75) is 0 Å². The summed E-state index contributed by atoms with van der Waals surface area (Å²) in [4.78, 5) is 0. The first-order valence-corrected chi connectivity index (χ1v) is 21.4. The fraction of sp³-hybridized carbons (Fsp3) is 0. The van der Waals surface area contributed by atoms with E-state index in [-0.39, 0.29) is 0 Å². The van der Waals surface area contributed by atoms with Gasteiger partial charge in [-0.05, 0) is 89.5 Å². The number of thiophene rings is 2. The van der Waals surface area contributed by atoms with Crippen molar-refractivity contribution in [3.63, 3.8) is 0 Å². The van der Waals surface area contributed by atoms with Crippen LogP contribution in [0.1, 0.15) is 0 Å². The van der Waals surface area contributed by atoms with Gasteiger partial charge in [-0.3, -0.25) is 0 Å². The number of hydrogen-bond acceptors (Lipinski definition) is 2. The first-order chi connectivity index (χ1) is 28.8. The molecule has 2 nitrogen and oxygen atoms in total. The molecule has 0 atom stereocenters. The molecule has 0 aliphatic rings. The van der Waals surface area contributed by atoms with Gasteiger partial charge in [0.2, 0.25) is 0 Å². The Balaban J connectivity index is 1.08. The Hall–Kier alpha value is -6.98. The summed E-state index contributed by atoms with van der Waals surface area (Å²) in [5.74, 6) is 0. The number of fused-ring (bicyclic) bond motifs is 12. The number of benzene rings is 9. The Labute approximate surface area is 341 Å². The van der Waals surface area contributed by atoms with E-state index in [2.05, 4.69) is 203 Å². The number of hydrogen-bond donors (Lipinski definition) is 0. The molecule has 13 rings (SSSR count). The molecule has 0 fully saturated rings. The van der Waals surface area contributed by atoms with Crippen molar-refractivity contribution in [2.75, 3.05) is 0 Å².